The van der Waals surface area contributed by atoms with E-state index in [4.69, 9.17) is 0 Å². The molecule has 1 N–H and O–H groups in total. The highest BCUT2D eigenvalue weighted by atomic mass is 19.1. The first-order valence-electron chi connectivity index (χ1n) is 8.59. The van der Waals surface area contributed by atoms with Gasteiger partial charge in [0.05, 0.1) is 5.69 Å². The van der Waals surface area contributed by atoms with Crippen molar-refractivity contribution in [3.63, 3.8) is 0 Å². The van der Waals surface area contributed by atoms with Gasteiger partial charge < -0.3 is 5.32 Å². The van der Waals surface area contributed by atoms with Crippen molar-refractivity contribution < 1.29 is 9.18 Å². The summed E-state index contributed by atoms with van der Waals surface area (Å²) < 4.78 is 14.1. The van der Waals surface area contributed by atoms with E-state index in [-0.39, 0.29) is 11.4 Å². The number of carbonyl (C=O) groups excluding carboxylic acids is 1. The van der Waals surface area contributed by atoms with Crippen LogP contribution >= 0.6 is 0 Å². The highest BCUT2D eigenvalue weighted by Crippen LogP contribution is 2.20. The summed E-state index contributed by atoms with van der Waals surface area (Å²) in [5.41, 5.74) is 3.85. The molecule has 5 nitrogen and oxygen atoms in total. The third-order valence-corrected chi connectivity index (χ3v) is 4.49. The lowest BCUT2D eigenvalue weighted by Crippen LogP contribution is -2.33. The Morgan fingerprint density at radius 2 is 1.74 bits per heavy atom. The number of nitrogens with one attached hydrogen (secondary N) is 1. The number of halogens is 1. The highest BCUT2D eigenvalue weighted by molar-refractivity contribution is 5.93. The molecule has 3 rings (SSSR count). The zero-order chi connectivity index (χ0) is 19.6. The Balaban J connectivity index is 1.88. The average Bonchev–Trinajstić information content (AvgIpc) is 2.65. The number of aromatic nitrogens is 2. The monoisotopic (exact) mass is 365 g/mol. The summed E-state index contributed by atoms with van der Waals surface area (Å²) in [7, 11) is 0. The van der Waals surface area contributed by atoms with Gasteiger partial charge in [0.1, 0.15) is 11.9 Å². The second-order valence-electron chi connectivity index (χ2n) is 6.47. The number of aryl methyl sites for hydroxylation is 2. The molecule has 3 aromatic rings. The van der Waals surface area contributed by atoms with Crippen LogP contribution in [0.3, 0.4) is 0 Å². The van der Waals surface area contributed by atoms with Crippen molar-refractivity contribution in [3.8, 4) is 11.3 Å². The molecule has 1 atom stereocenters. The minimum atomic E-state index is -0.825. The first kappa shape index (κ1) is 18.5. The minimum absolute atomic E-state index is 0.371. The number of hydrogen-bond donors (Lipinski definition) is 1. The Labute approximate surface area is 156 Å². The van der Waals surface area contributed by atoms with Gasteiger partial charge in [-0.2, -0.15) is 5.10 Å². The van der Waals surface area contributed by atoms with Gasteiger partial charge in [0.25, 0.3) is 5.56 Å². The molecule has 1 heterocycles. The Morgan fingerprint density at radius 3 is 2.41 bits per heavy atom. The fourth-order valence-electron chi connectivity index (χ4n) is 2.65. The van der Waals surface area contributed by atoms with E-state index in [1.54, 1.807) is 13.0 Å². The van der Waals surface area contributed by atoms with E-state index in [2.05, 4.69) is 10.4 Å². The van der Waals surface area contributed by atoms with Crippen LogP contribution in [0, 0.1) is 19.7 Å². The summed E-state index contributed by atoms with van der Waals surface area (Å²) in [6.07, 6.45) is 0. The van der Waals surface area contributed by atoms with Crippen LogP contribution in [0.2, 0.25) is 0 Å². The lowest BCUT2D eigenvalue weighted by molar-refractivity contribution is -0.119. The Bertz CT molecular complexity index is 1040. The van der Waals surface area contributed by atoms with Crippen LogP contribution in [0.15, 0.2) is 59.4 Å². The molecular formula is C21H20FN3O2. The molecule has 0 aliphatic rings. The average molecular weight is 365 g/mol. The van der Waals surface area contributed by atoms with E-state index >= 15 is 0 Å². The number of anilines is 1. The predicted molar refractivity (Wildman–Crippen MR) is 103 cm³/mol. The minimum Gasteiger partial charge on any atom is -0.324 e. The third-order valence-electron chi connectivity index (χ3n) is 4.49. The van der Waals surface area contributed by atoms with Crippen LogP contribution in [0.1, 0.15) is 24.1 Å². The van der Waals surface area contributed by atoms with Gasteiger partial charge >= 0.3 is 0 Å². The van der Waals surface area contributed by atoms with Gasteiger partial charge in [-0.05, 0) is 68.3 Å². The van der Waals surface area contributed by atoms with Gasteiger partial charge in [0.15, 0.2) is 0 Å². The molecule has 0 saturated carbocycles. The largest absolute Gasteiger partial charge is 0.324 e. The predicted octanol–water partition coefficient (Wildman–Crippen LogP) is 3.87. The van der Waals surface area contributed by atoms with Gasteiger partial charge in [-0.3, -0.25) is 9.59 Å². The Kier molecular flexibility index (Phi) is 5.16. The van der Waals surface area contributed by atoms with Crippen molar-refractivity contribution in [2.75, 3.05) is 5.32 Å². The van der Waals surface area contributed by atoms with Gasteiger partial charge in [-0.1, -0.05) is 12.1 Å². The molecule has 0 bridgehead atoms. The van der Waals surface area contributed by atoms with Crippen LogP contribution in [-0.2, 0) is 4.79 Å². The molecule has 6 heteroatoms. The van der Waals surface area contributed by atoms with E-state index in [9.17, 15) is 14.0 Å². The molecule has 27 heavy (non-hydrogen) atoms. The van der Waals surface area contributed by atoms with Crippen LogP contribution in [0.4, 0.5) is 10.1 Å². The third kappa shape index (κ3) is 4.11. The number of amides is 1. The SMILES string of the molecule is Cc1ccc(-c2ccc(=O)n(C(C)C(=O)Nc3ccc(F)cc3)n2)cc1C. The fraction of sp³-hybridized carbons (Fsp3) is 0.190. The van der Waals surface area contributed by atoms with Crippen LogP contribution in [-0.4, -0.2) is 15.7 Å². The highest BCUT2D eigenvalue weighted by Gasteiger charge is 2.18. The standard InChI is InChI=1S/C21H20FN3O2/c1-13-4-5-16(12-14(13)2)19-10-11-20(26)25(24-19)15(3)21(27)23-18-8-6-17(22)7-9-18/h4-12,15H,1-3H3,(H,23,27). The van der Waals surface area contributed by atoms with Crippen LogP contribution in [0.25, 0.3) is 11.3 Å². The summed E-state index contributed by atoms with van der Waals surface area (Å²) in [5.74, 6) is -0.798. The zero-order valence-electron chi connectivity index (χ0n) is 15.4. The van der Waals surface area contributed by atoms with Crippen LogP contribution < -0.4 is 10.9 Å². The van der Waals surface area contributed by atoms with Crippen molar-refractivity contribution in [1.82, 2.24) is 9.78 Å². The normalized spacial score (nSPS) is 11.9. The number of hydrogen-bond acceptors (Lipinski definition) is 3. The summed E-state index contributed by atoms with van der Waals surface area (Å²) in [6.45, 7) is 5.63. The number of benzene rings is 2. The van der Waals surface area contributed by atoms with E-state index < -0.39 is 11.9 Å². The summed E-state index contributed by atoms with van der Waals surface area (Å²) in [6, 6.07) is 13.6. The molecule has 0 fully saturated rings. The molecule has 0 spiro atoms. The maximum absolute atomic E-state index is 13.0. The number of nitrogens with zero attached hydrogens (tertiary/aromatic N) is 2. The number of carbonyl (C=O) groups is 1. The number of rotatable bonds is 4. The first-order valence-corrected chi connectivity index (χ1v) is 8.59. The second-order valence-corrected chi connectivity index (χ2v) is 6.47. The van der Waals surface area contributed by atoms with Crippen molar-refractivity contribution in [3.05, 3.63) is 81.9 Å². The van der Waals surface area contributed by atoms with Gasteiger partial charge in [0, 0.05) is 17.3 Å². The van der Waals surface area contributed by atoms with E-state index in [0.717, 1.165) is 15.8 Å². The second kappa shape index (κ2) is 7.53. The molecule has 1 amide bonds. The van der Waals surface area contributed by atoms with Crippen LogP contribution in [0.5, 0.6) is 0 Å². The Morgan fingerprint density at radius 1 is 1.04 bits per heavy atom. The molecule has 0 aliphatic carbocycles. The van der Waals surface area contributed by atoms with Gasteiger partial charge in [-0.25, -0.2) is 9.07 Å². The maximum atomic E-state index is 13.0. The van der Waals surface area contributed by atoms with E-state index in [1.807, 2.05) is 32.0 Å². The zero-order valence-corrected chi connectivity index (χ0v) is 15.4. The van der Waals surface area contributed by atoms with Gasteiger partial charge in [0.2, 0.25) is 5.91 Å². The smallest absolute Gasteiger partial charge is 0.267 e. The van der Waals surface area contributed by atoms with Crippen molar-refractivity contribution in [2.45, 2.75) is 26.8 Å². The molecule has 1 aromatic heterocycles. The van der Waals surface area contributed by atoms with E-state index in [0.29, 0.717) is 11.4 Å². The molecule has 0 saturated heterocycles. The fourth-order valence-corrected chi connectivity index (χ4v) is 2.65. The lowest BCUT2D eigenvalue weighted by Gasteiger charge is -2.15. The molecular weight excluding hydrogens is 345 g/mol. The van der Waals surface area contributed by atoms with Crippen molar-refractivity contribution in [2.24, 2.45) is 0 Å². The molecule has 138 valence electrons. The molecule has 1 unspecified atom stereocenters. The van der Waals surface area contributed by atoms with Crippen molar-refractivity contribution >= 4 is 11.6 Å². The lowest BCUT2D eigenvalue weighted by atomic mass is 10.0. The summed E-state index contributed by atoms with van der Waals surface area (Å²) in [4.78, 5) is 24.7. The Hall–Kier alpha value is -3.28. The maximum Gasteiger partial charge on any atom is 0.267 e. The van der Waals surface area contributed by atoms with Crippen molar-refractivity contribution in [1.29, 1.82) is 0 Å². The molecule has 0 radical (unpaired) electrons. The molecule has 2 aromatic carbocycles. The summed E-state index contributed by atoms with van der Waals surface area (Å²) >= 11 is 0. The first-order chi connectivity index (χ1) is 12.8. The summed E-state index contributed by atoms with van der Waals surface area (Å²) in [5, 5.41) is 7.04. The molecule has 0 aliphatic heterocycles. The quantitative estimate of drug-likeness (QED) is 0.763. The van der Waals surface area contributed by atoms with Gasteiger partial charge in [-0.15, -0.1) is 0 Å². The topological polar surface area (TPSA) is 64.0 Å². The van der Waals surface area contributed by atoms with E-state index in [1.165, 1.54) is 35.9 Å².